The number of benzene rings is 5. The van der Waals surface area contributed by atoms with E-state index in [1.165, 1.54) is 77.8 Å². The molecule has 5 aromatic rings. The summed E-state index contributed by atoms with van der Waals surface area (Å²) in [6.07, 6.45) is 2.03. The van der Waals surface area contributed by atoms with Crippen molar-refractivity contribution in [1.82, 2.24) is 0 Å². The molecule has 0 saturated heterocycles. The first-order valence-corrected chi connectivity index (χ1v) is 16.6. The molecular weight excluding hydrogens is 558 g/mol. The summed E-state index contributed by atoms with van der Waals surface area (Å²) in [5, 5.41) is 2.62. The van der Waals surface area contributed by atoms with Crippen molar-refractivity contribution in [2.24, 2.45) is 0 Å². The molecule has 4 aliphatic heterocycles. The number of allylic oxidation sites excluding steroid dienone is 2. The van der Waals surface area contributed by atoms with Crippen LogP contribution in [0.4, 0.5) is 0 Å². The highest BCUT2D eigenvalue weighted by molar-refractivity contribution is 8.05. The van der Waals surface area contributed by atoms with Gasteiger partial charge >= 0.3 is 0 Å². The SMILES string of the molecule is C=CC1=C2B(c3ccccc3SC2=C)c2cc3cc4c(cc3cc2S1)B1c2ccccc2Sc2cccc(c21)S4. The highest BCUT2D eigenvalue weighted by atomic mass is 32.2. The van der Waals surface area contributed by atoms with E-state index in [0.717, 1.165) is 4.91 Å². The van der Waals surface area contributed by atoms with E-state index in [2.05, 4.69) is 104 Å². The van der Waals surface area contributed by atoms with Crippen LogP contribution in [0, 0.1) is 0 Å². The van der Waals surface area contributed by atoms with Gasteiger partial charge in [-0.3, -0.25) is 0 Å². The maximum atomic E-state index is 4.50. The Hall–Kier alpha value is -2.89. The Kier molecular flexibility index (Phi) is 5.23. The highest BCUT2D eigenvalue weighted by Crippen LogP contribution is 2.46. The fraction of sp³-hybridized carbons (Fsp3) is 0. The third-order valence-corrected chi connectivity index (χ3v) is 13.0. The molecule has 0 spiro atoms. The van der Waals surface area contributed by atoms with Crippen LogP contribution in [0.25, 0.3) is 10.8 Å². The quantitative estimate of drug-likeness (QED) is 0.201. The highest BCUT2D eigenvalue weighted by Gasteiger charge is 2.40. The summed E-state index contributed by atoms with van der Waals surface area (Å²) in [6.45, 7) is 9.16. The van der Waals surface area contributed by atoms with E-state index < -0.39 is 0 Å². The molecule has 0 nitrogen and oxygen atoms in total. The topological polar surface area (TPSA) is 0 Å². The molecule has 0 N–H and O–H groups in total. The summed E-state index contributed by atoms with van der Waals surface area (Å²) < 4.78 is 0. The van der Waals surface area contributed by atoms with Gasteiger partial charge in [-0.05, 0) is 58.1 Å². The van der Waals surface area contributed by atoms with Crippen LogP contribution in [-0.2, 0) is 0 Å². The van der Waals surface area contributed by atoms with Gasteiger partial charge < -0.3 is 0 Å². The Labute approximate surface area is 252 Å². The van der Waals surface area contributed by atoms with Crippen LogP contribution >= 0.6 is 47.0 Å². The van der Waals surface area contributed by atoms with Crippen LogP contribution < -0.4 is 27.3 Å². The molecule has 0 aliphatic carbocycles. The molecule has 0 bridgehead atoms. The molecule has 9 rings (SSSR count). The number of fused-ring (bicyclic) bond motifs is 10. The van der Waals surface area contributed by atoms with Gasteiger partial charge in [0.05, 0.1) is 0 Å². The van der Waals surface area contributed by atoms with Crippen LogP contribution in [0.5, 0.6) is 0 Å². The molecule has 0 aromatic heterocycles. The zero-order valence-electron chi connectivity index (χ0n) is 21.4. The number of hydrogen-bond acceptors (Lipinski definition) is 4. The lowest BCUT2D eigenvalue weighted by molar-refractivity contribution is 1.33. The fourth-order valence-corrected chi connectivity index (χ4v) is 11.4. The third-order valence-electron chi connectivity index (χ3n) is 8.43. The van der Waals surface area contributed by atoms with E-state index >= 15 is 0 Å². The Morgan fingerprint density at radius 1 is 0.525 bits per heavy atom. The number of thioether (sulfide) groups is 2. The second kappa shape index (κ2) is 8.80. The molecule has 0 radical (unpaired) electrons. The molecule has 0 saturated carbocycles. The molecule has 40 heavy (non-hydrogen) atoms. The zero-order chi connectivity index (χ0) is 26.5. The van der Waals surface area contributed by atoms with Crippen molar-refractivity contribution in [3.63, 3.8) is 0 Å². The zero-order valence-corrected chi connectivity index (χ0v) is 24.7. The smallest absolute Gasteiger partial charge is 0.0980 e. The summed E-state index contributed by atoms with van der Waals surface area (Å²) in [7, 11) is 0. The van der Waals surface area contributed by atoms with Crippen molar-refractivity contribution in [2.75, 3.05) is 0 Å². The number of rotatable bonds is 1. The van der Waals surface area contributed by atoms with Gasteiger partial charge in [0.2, 0.25) is 13.4 Å². The van der Waals surface area contributed by atoms with Crippen molar-refractivity contribution in [1.29, 1.82) is 0 Å². The van der Waals surface area contributed by atoms with E-state index in [4.69, 9.17) is 0 Å². The normalized spacial score (nSPS) is 16.1. The van der Waals surface area contributed by atoms with Crippen molar-refractivity contribution in [3.8, 4) is 0 Å². The van der Waals surface area contributed by atoms with Gasteiger partial charge in [-0.15, -0.1) is 0 Å². The first kappa shape index (κ1) is 23.8. The van der Waals surface area contributed by atoms with Crippen LogP contribution in [0.1, 0.15) is 0 Å². The molecule has 4 aliphatic rings. The lowest BCUT2D eigenvalue weighted by atomic mass is 9.35. The van der Waals surface area contributed by atoms with Crippen LogP contribution in [0.15, 0.2) is 155 Å². The van der Waals surface area contributed by atoms with Gasteiger partial charge in [0.1, 0.15) is 0 Å². The standard InChI is InChI=1S/C34H20B2S4/c1-3-26-33-19(2)37-27-11-6-4-9-22(27)35(33)24-15-20-18-32-25(16-21(20)17-31(24)38-26)36-23-10-5-7-12-28(23)39-29-13-8-14-30(40-32)34(29)36/h3-18H,1-2H2. The summed E-state index contributed by atoms with van der Waals surface area (Å²) in [5.74, 6) is 0. The Morgan fingerprint density at radius 2 is 1.07 bits per heavy atom. The third kappa shape index (κ3) is 3.31. The molecule has 6 heteroatoms. The van der Waals surface area contributed by atoms with Gasteiger partial charge in [-0.2, -0.15) is 0 Å². The van der Waals surface area contributed by atoms with Crippen molar-refractivity contribution >= 4 is 98.6 Å². The van der Waals surface area contributed by atoms with E-state index in [0.29, 0.717) is 0 Å². The molecule has 4 heterocycles. The molecule has 0 atom stereocenters. The van der Waals surface area contributed by atoms with E-state index in [9.17, 15) is 0 Å². The monoisotopic (exact) mass is 578 g/mol. The average molecular weight is 578 g/mol. The van der Waals surface area contributed by atoms with Crippen LogP contribution in [0.3, 0.4) is 0 Å². The minimum absolute atomic E-state index is 0.188. The minimum Gasteiger partial charge on any atom is -0.0980 e. The summed E-state index contributed by atoms with van der Waals surface area (Å²) in [6, 6.07) is 34.4. The Morgan fingerprint density at radius 3 is 1.77 bits per heavy atom. The maximum absolute atomic E-state index is 4.50. The van der Waals surface area contributed by atoms with E-state index in [1.54, 1.807) is 11.8 Å². The van der Waals surface area contributed by atoms with Crippen LogP contribution in [-0.4, -0.2) is 13.4 Å². The average Bonchev–Trinajstić information content (AvgIpc) is 2.98. The van der Waals surface area contributed by atoms with Gasteiger partial charge in [-0.1, -0.05) is 143 Å². The second-order valence-corrected chi connectivity index (χ2v) is 14.9. The molecular formula is C34H20B2S4. The second-order valence-electron chi connectivity index (χ2n) is 10.6. The van der Waals surface area contributed by atoms with E-state index in [1.807, 2.05) is 41.4 Å². The summed E-state index contributed by atoms with van der Waals surface area (Å²) >= 11 is 7.49. The fourth-order valence-electron chi connectivity index (χ4n) is 6.73. The Balaban J connectivity index is 1.28. The largest absolute Gasteiger partial charge is 0.247 e. The van der Waals surface area contributed by atoms with Gasteiger partial charge in [-0.25, -0.2) is 0 Å². The minimum atomic E-state index is 0.188. The molecule has 5 aromatic carbocycles. The summed E-state index contributed by atoms with van der Waals surface area (Å²) in [5.41, 5.74) is 8.42. The van der Waals surface area contributed by atoms with E-state index in [-0.39, 0.29) is 13.4 Å². The lowest BCUT2D eigenvalue weighted by Gasteiger charge is -2.34. The predicted octanol–water partition coefficient (Wildman–Crippen LogP) is 6.60. The van der Waals surface area contributed by atoms with Crippen molar-refractivity contribution < 1.29 is 0 Å². The maximum Gasteiger partial charge on any atom is 0.247 e. The van der Waals surface area contributed by atoms with Crippen molar-refractivity contribution in [2.45, 2.75) is 29.4 Å². The Bertz CT molecular complexity index is 2030. The van der Waals surface area contributed by atoms with Gasteiger partial charge in [0.15, 0.2) is 0 Å². The predicted molar refractivity (Wildman–Crippen MR) is 179 cm³/mol. The van der Waals surface area contributed by atoms with Crippen molar-refractivity contribution in [3.05, 3.63) is 126 Å². The number of hydrogen-bond donors (Lipinski definition) is 0. The van der Waals surface area contributed by atoms with Crippen LogP contribution in [0.2, 0.25) is 0 Å². The molecule has 0 unspecified atom stereocenters. The van der Waals surface area contributed by atoms with Gasteiger partial charge in [0.25, 0.3) is 0 Å². The lowest BCUT2D eigenvalue weighted by Crippen LogP contribution is -2.58. The molecule has 186 valence electrons. The molecule has 0 amide bonds. The first-order chi connectivity index (χ1) is 19.7. The van der Waals surface area contributed by atoms with Gasteiger partial charge in [0, 0.05) is 39.2 Å². The molecule has 0 fully saturated rings. The summed E-state index contributed by atoms with van der Waals surface area (Å²) in [4.78, 5) is 10.5. The first-order valence-electron chi connectivity index (χ1n) is 13.4.